The van der Waals surface area contributed by atoms with Crippen LogP contribution in [0.2, 0.25) is 0 Å². The number of carbonyl (C=O) groups is 1. The van der Waals surface area contributed by atoms with Crippen molar-refractivity contribution in [1.29, 1.82) is 0 Å². The minimum atomic E-state index is -0.753. The molecule has 2 bridgehead atoms. The molecule has 28 heavy (non-hydrogen) atoms. The Morgan fingerprint density at radius 2 is 1.96 bits per heavy atom. The van der Waals surface area contributed by atoms with E-state index in [0.717, 1.165) is 31.9 Å². The fraction of sp³-hybridized carbons (Fsp3) is 0.421. The number of anilines is 1. The van der Waals surface area contributed by atoms with Gasteiger partial charge >= 0.3 is 5.97 Å². The Balaban J connectivity index is 1.47. The van der Waals surface area contributed by atoms with E-state index in [9.17, 15) is 14.3 Å². The highest BCUT2D eigenvalue weighted by molar-refractivity contribution is 5.89. The minimum Gasteiger partial charge on any atom is -0.481 e. The molecule has 3 aliphatic carbocycles. The average Bonchev–Trinajstić information content (AvgIpc) is 3.12. The maximum Gasteiger partial charge on any atom is 0.308 e. The highest BCUT2D eigenvalue weighted by Gasteiger charge is 2.47. The molecule has 0 aliphatic heterocycles. The Morgan fingerprint density at radius 1 is 1.18 bits per heavy atom. The van der Waals surface area contributed by atoms with Crippen molar-refractivity contribution in [3.05, 3.63) is 30.5 Å². The SMILES string of the molecule is O=C(O)[C@H]1C2CCC(CC2)[C@@H]1Nc1cncc(-c2[nH]nc3ncc(F)cc23)n1. The molecular weight excluding hydrogens is 363 g/mol. The van der Waals surface area contributed by atoms with Crippen molar-refractivity contribution >= 4 is 22.8 Å². The van der Waals surface area contributed by atoms with Gasteiger partial charge in [0.05, 0.1) is 35.6 Å². The van der Waals surface area contributed by atoms with Crippen molar-refractivity contribution in [2.45, 2.75) is 31.7 Å². The van der Waals surface area contributed by atoms with Gasteiger partial charge in [-0.05, 0) is 43.6 Å². The van der Waals surface area contributed by atoms with Crippen LogP contribution in [0.5, 0.6) is 0 Å². The minimum absolute atomic E-state index is 0.160. The molecule has 3 aromatic heterocycles. The number of rotatable bonds is 4. The summed E-state index contributed by atoms with van der Waals surface area (Å²) in [4.78, 5) is 24.6. The molecule has 144 valence electrons. The molecule has 3 saturated carbocycles. The largest absolute Gasteiger partial charge is 0.481 e. The molecule has 3 N–H and O–H groups in total. The van der Waals surface area contributed by atoms with E-state index >= 15 is 0 Å². The molecule has 0 spiro atoms. The molecule has 0 radical (unpaired) electrons. The van der Waals surface area contributed by atoms with Crippen molar-refractivity contribution in [2.75, 3.05) is 5.32 Å². The smallest absolute Gasteiger partial charge is 0.308 e. The molecule has 0 saturated heterocycles. The lowest BCUT2D eigenvalue weighted by molar-refractivity contribution is -0.148. The molecule has 0 unspecified atom stereocenters. The highest BCUT2D eigenvalue weighted by atomic mass is 19.1. The third kappa shape index (κ3) is 2.78. The Kier molecular flexibility index (Phi) is 3.96. The summed E-state index contributed by atoms with van der Waals surface area (Å²) in [6, 6.07) is 1.19. The quantitative estimate of drug-likeness (QED) is 0.635. The van der Waals surface area contributed by atoms with Gasteiger partial charge in [-0.3, -0.25) is 14.9 Å². The van der Waals surface area contributed by atoms with E-state index in [4.69, 9.17) is 0 Å². The lowest BCUT2D eigenvalue weighted by atomic mass is 9.61. The normalized spacial score (nSPS) is 26.5. The molecule has 3 heterocycles. The van der Waals surface area contributed by atoms with Crippen molar-refractivity contribution in [1.82, 2.24) is 25.1 Å². The van der Waals surface area contributed by atoms with E-state index in [-0.39, 0.29) is 12.0 Å². The molecule has 3 fully saturated rings. The second-order valence-corrected chi connectivity index (χ2v) is 7.62. The molecule has 0 amide bonds. The lowest BCUT2D eigenvalue weighted by Gasteiger charge is -2.47. The number of aromatic nitrogens is 5. The summed E-state index contributed by atoms with van der Waals surface area (Å²) >= 11 is 0. The fourth-order valence-electron chi connectivity index (χ4n) is 4.81. The number of pyridine rings is 1. The molecule has 8 nitrogen and oxygen atoms in total. The van der Waals surface area contributed by atoms with Crippen LogP contribution < -0.4 is 5.32 Å². The van der Waals surface area contributed by atoms with E-state index in [2.05, 4.69) is 30.5 Å². The third-order valence-corrected chi connectivity index (χ3v) is 6.09. The molecular formula is C19H19FN6O2. The van der Waals surface area contributed by atoms with Crippen molar-refractivity contribution in [3.63, 3.8) is 0 Å². The summed E-state index contributed by atoms with van der Waals surface area (Å²) in [5, 5.41) is 20.5. The van der Waals surface area contributed by atoms with Gasteiger partial charge in [-0.15, -0.1) is 0 Å². The number of aromatic amines is 1. The van der Waals surface area contributed by atoms with Gasteiger partial charge in [0.25, 0.3) is 0 Å². The fourth-order valence-corrected chi connectivity index (χ4v) is 4.81. The van der Waals surface area contributed by atoms with Crippen molar-refractivity contribution in [3.8, 4) is 11.4 Å². The van der Waals surface area contributed by atoms with Crippen molar-refractivity contribution < 1.29 is 14.3 Å². The maximum absolute atomic E-state index is 13.6. The average molecular weight is 382 g/mol. The van der Waals surface area contributed by atoms with E-state index in [1.807, 2.05) is 0 Å². The number of H-pyrrole nitrogens is 1. The first-order valence-corrected chi connectivity index (χ1v) is 9.41. The number of carboxylic acid groups (broad SMARTS) is 1. The number of hydrogen-bond acceptors (Lipinski definition) is 6. The summed E-state index contributed by atoms with van der Waals surface area (Å²) in [5.74, 6) is -0.584. The van der Waals surface area contributed by atoms with Crippen LogP contribution in [0.3, 0.4) is 0 Å². The standard InChI is InChI=1S/C19H19FN6O2/c20-11-5-12-17(25-26-18(12)22-6-11)13-7-21-8-14(23-13)24-16-10-3-1-9(2-4-10)15(16)19(27)28/h5-10,15-16H,1-4H2,(H,23,24)(H,27,28)(H,22,25,26)/t9?,10?,15-,16-/m0/s1. The zero-order valence-corrected chi connectivity index (χ0v) is 15.0. The summed E-state index contributed by atoms with van der Waals surface area (Å²) in [5.41, 5.74) is 1.41. The zero-order valence-electron chi connectivity index (χ0n) is 15.0. The van der Waals surface area contributed by atoms with Crippen LogP contribution in [-0.4, -0.2) is 42.3 Å². The zero-order chi connectivity index (χ0) is 19.3. The van der Waals surface area contributed by atoms with Gasteiger partial charge in [0.15, 0.2) is 5.65 Å². The maximum atomic E-state index is 13.6. The monoisotopic (exact) mass is 382 g/mol. The van der Waals surface area contributed by atoms with Crippen LogP contribution >= 0.6 is 0 Å². The number of nitrogens with zero attached hydrogens (tertiary/aromatic N) is 4. The molecule has 9 heteroatoms. The number of nitrogens with one attached hydrogen (secondary N) is 2. The van der Waals surface area contributed by atoms with E-state index in [1.165, 1.54) is 6.07 Å². The van der Waals surface area contributed by atoms with E-state index < -0.39 is 17.7 Å². The van der Waals surface area contributed by atoms with Gasteiger partial charge in [0.1, 0.15) is 17.3 Å². The first-order chi connectivity index (χ1) is 13.6. The Morgan fingerprint density at radius 3 is 2.75 bits per heavy atom. The number of halogens is 1. The van der Waals surface area contributed by atoms with Crippen LogP contribution in [0.15, 0.2) is 24.7 Å². The highest BCUT2D eigenvalue weighted by Crippen LogP contribution is 2.46. The second-order valence-electron chi connectivity index (χ2n) is 7.62. The molecule has 3 aliphatic rings. The Labute approximate surface area is 159 Å². The molecule has 3 aromatic rings. The molecule has 6 rings (SSSR count). The van der Waals surface area contributed by atoms with Crippen LogP contribution in [-0.2, 0) is 4.79 Å². The number of fused-ring (bicyclic) bond motifs is 4. The van der Waals surface area contributed by atoms with Gasteiger partial charge in [-0.2, -0.15) is 5.10 Å². The van der Waals surface area contributed by atoms with Crippen LogP contribution in [0.4, 0.5) is 10.2 Å². The Hall–Kier alpha value is -3.10. The summed E-state index contributed by atoms with van der Waals surface area (Å²) in [7, 11) is 0. The lowest BCUT2D eigenvalue weighted by Crippen LogP contribution is -2.51. The Bertz CT molecular complexity index is 1050. The first-order valence-electron chi connectivity index (χ1n) is 9.41. The summed E-state index contributed by atoms with van der Waals surface area (Å²) in [6.45, 7) is 0. The van der Waals surface area contributed by atoms with Crippen LogP contribution in [0.25, 0.3) is 22.4 Å². The summed E-state index contributed by atoms with van der Waals surface area (Å²) < 4.78 is 13.6. The second kappa shape index (κ2) is 6.50. The predicted octanol–water partition coefficient (Wildman–Crippen LogP) is 2.86. The van der Waals surface area contributed by atoms with Gasteiger partial charge in [-0.1, -0.05) is 0 Å². The predicted molar refractivity (Wildman–Crippen MR) is 98.9 cm³/mol. The topological polar surface area (TPSA) is 117 Å². The summed E-state index contributed by atoms with van der Waals surface area (Å²) in [6.07, 6.45) is 8.28. The van der Waals surface area contributed by atoms with E-state index in [0.29, 0.717) is 34.2 Å². The number of carboxylic acids is 1. The van der Waals surface area contributed by atoms with E-state index in [1.54, 1.807) is 12.4 Å². The molecule has 0 aromatic carbocycles. The molecule has 2 atom stereocenters. The van der Waals surface area contributed by atoms with Gasteiger partial charge in [-0.25, -0.2) is 14.4 Å². The van der Waals surface area contributed by atoms with Gasteiger partial charge in [0, 0.05) is 6.04 Å². The van der Waals surface area contributed by atoms with Gasteiger partial charge < -0.3 is 10.4 Å². The first kappa shape index (κ1) is 17.0. The number of hydrogen-bond donors (Lipinski definition) is 3. The van der Waals surface area contributed by atoms with Crippen molar-refractivity contribution in [2.24, 2.45) is 17.8 Å². The number of aliphatic carboxylic acids is 1. The van der Waals surface area contributed by atoms with Crippen LogP contribution in [0, 0.1) is 23.6 Å². The van der Waals surface area contributed by atoms with Gasteiger partial charge in [0.2, 0.25) is 0 Å². The van der Waals surface area contributed by atoms with Crippen LogP contribution in [0.1, 0.15) is 25.7 Å². The third-order valence-electron chi connectivity index (χ3n) is 6.09.